The quantitative estimate of drug-likeness (QED) is 0.198. The van der Waals surface area contributed by atoms with E-state index in [-0.39, 0.29) is 17.7 Å². The first kappa shape index (κ1) is 31.3. The molecular weight excluding hydrogens is 592 g/mol. The summed E-state index contributed by atoms with van der Waals surface area (Å²) < 4.78 is 89.1. The van der Waals surface area contributed by atoms with E-state index in [1.165, 1.54) is 0 Å². The van der Waals surface area contributed by atoms with Gasteiger partial charge in [0.25, 0.3) is 0 Å². The van der Waals surface area contributed by atoms with Crippen LogP contribution in [0.15, 0.2) is 103 Å². The number of piperidine rings is 1. The van der Waals surface area contributed by atoms with E-state index in [0.717, 1.165) is 35.1 Å². The van der Waals surface area contributed by atoms with Crippen molar-refractivity contribution >= 4 is 0 Å². The molecule has 9 heteroatoms. The van der Waals surface area contributed by atoms with Gasteiger partial charge in [-0.25, -0.2) is 0 Å². The first-order valence-corrected chi connectivity index (χ1v) is 15.0. The molecule has 4 aromatic rings. The molecule has 2 bridgehead atoms. The van der Waals surface area contributed by atoms with Gasteiger partial charge in [0, 0.05) is 12.6 Å². The average molecular weight is 626 g/mol. The van der Waals surface area contributed by atoms with Gasteiger partial charge in [0.05, 0.1) is 29.4 Å². The van der Waals surface area contributed by atoms with Crippen LogP contribution in [-0.2, 0) is 29.2 Å². The molecule has 2 fully saturated rings. The molecule has 2 aliphatic rings. The largest absolute Gasteiger partial charge is 0.416 e. The SMILES string of the molecule is OCC(O[C@@H]1CC[C@H]2CC[C@]1(c1ccccc1-c1ccccc1)N2Cc1ccccc1)c1cc(C(F)(F)F)cc(C(F)(F)F)c1. The number of ether oxygens (including phenoxy) is 1. The third kappa shape index (κ3) is 6.13. The van der Waals surface area contributed by atoms with Crippen molar-refractivity contribution in [1.82, 2.24) is 4.90 Å². The Labute approximate surface area is 258 Å². The Morgan fingerprint density at radius 1 is 0.756 bits per heavy atom. The van der Waals surface area contributed by atoms with Gasteiger partial charge in [-0.3, -0.25) is 4.90 Å². The lowest BCUT2D eigenvalue weighted by molar-refractivity contribution is -0.146. The zero-order valence-electron chi connectivity index (χ0n) is 24.4. The number of benzene rings is 4. The van der Waals surface area contributed by atoms with Crippen LogP contribution in [0.4, 0.5) is 26.3 Å². The number of aliphatic hydroxyl groups excluding tert-OH is 1. The summed E-state index contributed by atoms with van der Waals surface area (Å²) in [5, 5.41) is 10.5. The molecule has 6 rings (SSSR count). The molecule has 4 atom stereocenters. The molecule has 1 N–H and O–H groups in total. The summed E-state index contributed by atoms with van der Waals surface area (Å²) in [6, 6.07) is 29.4. The highest BCUT2D eigenvalue weighted by Gasteiger charge is 2.57. The molecule has 2 heterocycles. The smallest absolute Gasteiger partial charge is 0.393 e. The summed E-state index contributed by atoms with van der Waals surface area (Å²) in [5.41, 5.74) is 0.0396. The lowest BCUT2D eigenvalue weighted by atomic mass is 9.75. The third-order valence-corrected chi connectivity index (χ3v) is 9.26. The van der Waals surface area contributed by atoms with Crippen molar-refractivity contribution in [2.75, 3.05) is 6.61 Å². The lowest BCUT2D eigenvalue weighted by Gasteiger charge is -2.51. The minimum Gasteiger partial charge on any atom is -0.393 e. The Morgan fingerprint density at radius 2 is 1.36 bits per heavy atom. The molecular formula is C36H33F6NO2. The molecule has 0 spiro atoms. The molecule has 2 aliphatic heterocycles. The molecule has 3 nitrogen and oxygen atoms in total. The minimum absolute atomic E-state index is 0.0965. The van der Waals surface area contributed by atoms with Crippen LogP contribution < -0.4 is 0 Å². The van der Waals surface area contributed by atoms with Crippen LogP contribution in [0.3, 0.4) is 0 Å². The van der Waals surface area contributed by atoms with E-state index in [1.807, 2.05) is 84.9 Å². The second kappa shape index (κ2) is 12.3. The molecule has 2 saturated heterocycles. The fraction of sp³-hybridized carbons (Fsp3) is 0.333. The van der Waals surface area contributed by atoms with Gasteiger partial charge in [-0.2, -0.15) is 26.3 Å². The molecule has 45 heavy (non-hydrogen) atoms. The van der Waals surface area contributed by atoms with Crippen LogP contribution in [0, 0.1) is 0 Å². The third-order valence-electron chi connectivity index (χ3n) is 9.26. The molecule has 4 aromatic carbocycles. The predicted octanol–water partition coefficient (Wildman–Crippen LogP) is 9.16. The van der Waals surface area contributed by atoms with Crippen LogP contribution in [0.25, 0.3) is 11.1 Å². The Morgan fingerprint density at radius 3 is 1.98 bits per heavy atom. The van der Waals surface area contributed by atoms with E-state index < -0.39 is 47.8 Å². The van der Waals surface area contributed by atoms with E-state index in [2.05, 4.69) is 4.90 Å². The Bertz CT molecular complexity index is 1580. The fourth-order valence-electron chi connectivity index (χ4n) is 7.25. The Kier molecular flexibility index (Phi) is 8.54. The fourth-order valence-corrected chi connectivity index (χ4v) is 7.25. The van der Waals surface area contributed by atoms with E-state index >= 15 is 0 Å². The Hall–Kier alpha value is -3.66. The number of nitrogens with zero attached hydrogens (tertiary/aromatic N) is 1. The zero-order valence-corrected chi connectivity index (χ0v) is 24.4. The van der Waals surface area contributed by atoms with Crippen molar-refractivity contribution in [2.45, 2.75) is 68.4 Å². The average Bonchev–Trinajstić information content (AvgIpc) is 3.27. The molecule has 0 saturated carbocycles. The zero-order chi connectivity index (χ0) is 31.8. The molecule has 0 amide bonds. The van der Waals surface area contributed by atoms with Crippen LogP contribution in [0.5, 0.6) is 0 Å². The van der Waals surface area contributed by atoms with Crippen molar-refractivity contribution in [3.8, 4) is 11.1 Å². The van der Waals surface area contributed by atoms with E-state index in [1.54, 1.807) is 0 Å². The van der Waals surface area contributed by atoms with Gasteiger partial charge >= 0.3 is 12.4 Å². The normalized spacial score (nSPS) is 22.8. The molecule has 0 aromatic heterocycles. The van der Waals surface area contributed by atoms with Gasteiger partial charge in [0.2, 0.25) is 0 Å². The van der Waals surface area contributed by atoms with Crippen LogP contribution in [0.1, 0.15) is 59.6 Å². The summed E-state index contributed by atoms with van der Waals surface area (Å²) in [4.78, 5) is 2.40. The van der Waals surface area contributed by atoms with Crippen LogP contribution in [-0.4, -0.2) is 28.8 Å². The van der Waals surface area contributed by atoms with Gasteiger partial charge in [0.15, 0.2) is 0 Å². The standard InChI is InChI=1S/C36H33F6NO2/c37-35(38,39)27-19-26(20-28(21-27)36(40,41)42)32(23-44)45-33-16-15-29-17-18-34(33,43(29)22-24-9-3-1-4-10-24)31-14-8-7-13-30(31)25-11-5-2-6-12-25/h1-14,19-21,29,32-33,44H,15-18,22-23H2/t29-,32?,33+,34+/m0/s1. The highest BCUT2D eigenvalue weighted by Crippen LogP contribution is 2.55. The second-order valence-electron chi connectivity index (χ2n) is 11.9. The van der Waals surface area contributed by atoms with Gasteiger partial charge in [0.1, 0.15) is 6.10 Å². The van der Waals surface area contributed by atoms with Crippen molar-refractivity contribution in [2.24, 2.45) is 0 Å². The number of hydrogen-bond donors (Lipinski definition) is 1. The van der Waals surface area contributed by atoms with Crippen molar-refractivity contribution < 1.29 is 36.2 Å². The number of fused-ring (bicyclic) bond motifs is 2. The topological polar surface area (TPSA) is 32.7 Å². The lowest BCUT2D eigenvalue weighted by Crippen LogP contribution is -2.57. The van der Waals surface area contributed by atoms with Crippen LogP contribution >= 0.6 is 0 Å². The van der Waals surface area contributed by atoms with Gasteiger partial charge in [-0.15, -0.1) is 0 Å². The summed E-state index contributed by atoms with van der Waals surface area (Å²) in [6.07, 6.45) is -9.28. The van der Waals surface area contributed by atoms with Crippen molar-refractivity contribution in [3.63, 3.8) is 0 Å². The summed E-state index contributed by atoms with van der Waals surface area (Å²) in [6.45, 7) is -0.201. The number of rotatable bonds is 8. The first-order valence-electron chi connectivity index (χ1n) is 15.0. The first-order chi connectivity index (χ1) is 21.5. The highest BCUT2D eigenvalue weighted by molar-refractivity contribution is 5.69. The van der Waals surface area contributed by atoms with Crippen molar-refractivity contribution in [3.05, 3.63) is 131 Å². The van der Waals surface area contributed by atoms with E-state index in [9.17, 15) is 31.4 Å². The summed E-state index contributed by atoms with van der Waals surface area (Å²) in [7, 11) is 0. The molecule has 0 aliphatic carbocycles. The van der Waals surface area contributed by atoms with Crippen molar-refractivity contribution in [1.29, 1.82) is 0 Å². The van der Waals surface area contributed by atoms with E-state index in [0.29, 0.717) is 31.5 Å². The summed E-state index contributed by atoms with van der Waals surface area (Å²) >= 11 is 0. The number of alkyl halides is 6. The molecule has 236 valence electrons. The minimum atomic E-state index is -5.01. The van der Waals surface area contributed by atoms with Gasteiger partial charge in [-0.05, 0) is 71.7 Å². The maximum atomic E-state index is 13.8. The second-order valence-corrected chi connectivity index (χ2v) is 11.9. The maximum Gasteiger partial charge on any atom is 0.416 e. The summed E-state index contributed by atoms with van der Waals surface area (Å²) in [5.74, 6) is 0. The van der Waals surface area contributed by atoms with E-state index in [4.69, 9.17) is 4.74 Å². The maximum absolute atomic E-state index is 13.8. The monoisotopic (exact) mass is 625 g/mol. The molecule has 0 radical (unpaired) electrons. The Balaban J connectivity index is 1.48. The molecule has 1 unspecified atom stereocenters. The van der Waals surface area contributed by atoms with Crippen LogP contribution in [0.2, 0.25) is 0 Å². The number of aliphatic hydroxyl groups is 1. The predicted molar refractivity (Wildman–Crippen MR) is 159 cm³/mol. The number of halogens is 6. The number of hydrogen-bond acceptors (Lipinski definition) is 3. The highest BCUT2D eigenvalue weighted by atomic mass is 19.4. The van der Waals surface area contributed by atoms with Gasteiger partial charge in [-0.1, -0.05) is 84.9 Å². The van der Waals surface area contributed by atoms with Gasteiger partial charge < -0.3 is 9.84 Å².